The quantitative estimate of drug-likeness (QED) is 0.570. The van der Waals surface area contributed by atoms with E-state index in [1.54, 1.807) is 18.2 Å². The van der Waals surface area contributed by atoms with E-state index in [1.807, 2.05) is 0 Å². The molecule has 0 bridgehead atoms. The Kier molecular flexibility index (Phi) is 3.05. The van der Waals surface area contributed by atoms with Crippen molar-refractivity contribution in [3.05, 3.63) is 48.0 Å². The van der Waals surface area contributed by atoms with E-state index in [9.17, 15) is 9.90 Å². The molecule has 0 spiro atoms. The van der Waals surface area contributed by atoms with Crippen molar-refractivity contribution in [1.82, 2.24) is 0 Å². The molecule has 0 amide bonds. The molecule has 0 aliphatic carbocycles. The van der Waals surface area contributed by atoms with Gasteiger partial charge in [0, 0.05) is 6.07 Å². The summed E-state index contributed by atoms with van der Waals surface area (Å²) in [5.41, 5.74) is 5.74. The van der Waals surface area contributed by atoms with Crippen LogP contribution in [0.1, 0.15) is 10.4 Å². The van der Waals surface area contributed by atoms with Gasteiger partial charge in [0.2, 0.25) is 0 Å². The minimum absolute atomic E-state index is 0.0498. The van der Waals surface area contributed by atoms with Crippen LogP contribution in [0.4, 0.5) is 5.69 Å². The lowest BCUT2D eigenvalue weighted by Gasteiger charge is -2.09. The number of benzene rings is 2. The third-order valence-corrected chi connectivity index (χ3v) is 2.35. The summed E-state index contributed by atoms with van der Waals surface area (Å²) in [6.45, 7) is 0. The predicted molar refractivity (Wildman–Crippen MR) is 66.0 cm³/mol. The Labute approximate surface area is 103 Å². The average molecular weight is 245 g/mol. The van der Waals surface area contributed by atoms with Crippen molar-refractivity contribution in [2.75, 3.05) is 5.73 Å². The van der Waals surface area contributed by atoms with Crippen molar-refractivity contribution >= 4 is 11.7 Å². The molecule has 0 atom stereocenters. The van der Waals surface area contributed by atoms with E-state index in [1.165, 1.54) is 24.3 Å². The number of nitrogens with two attached hydrogens (primary N) is 1. The average Bonchev–Trinajstić information content (AvgIpc) is 2.34. The third kappa shape index (κ3) is 2.35. The highest BCUT2D eigenvalue weighted by Gasteiger charge is 2.11. The Morgan fingerprint density at radius 3 is 2.56 bits per heavy atom. The zero-order chi connectivity index (χ0) is 13.1. The van der Waals surface area contributed by atoms with Gasteiger partial charge in [0.1, 0.15) is 22.8 Å². The highest BCUT2D eigenvalue weighted by atomic mass is 16.5. The molecule has 5 nitrogen and oxygen atoms in total. The van der Waals surface area contributed by atoms with Crippen LogP contribution in [-0.2, 0) is 0 Å². The Bertz CT molecular complexity index is 595. The molecule has 0 heterocycles. The lowest BCUT2D eigenvalue weighted by Crippen LogP contribution is -1.99. The van der Waals surface area contributed by atoms with Gasteiger partial charge in [-0.2, -0.15) is 0 Å². The minimum atomic E-state index is -1.08. The fourth-order valence-electron chi connectivity index (χ4n) is 1.45. The van der Waals surface area contributed by atoms with Gasteiger partial charge >= 0.3 is 5.97 Å². The van der Waals surface area contributed by atoms with E-state index in [0.717, 1.165) is 0 Å². The molecule has 4 N–H and O–H groups in total. The summed E-state index contributed by atoms with van der Waals surface area (Å²) in [5.74, 6) is -0.671. The number of aromatic hydroxyl groups is 1. The van der Waals surface area contributed by atoms with Crippen molar-refractivity contribution < 1.29 is 19.7 Å². The lowest BCUT2D eigenvalue weighted by atomic mass is 10.2. The molecule has 0 aliphatic rings. The number of carboxylic acid groups (broad SMARTS) is 1. The smallest absolute Gasteiger partial charge is 0.339 e. The van der Waals surface area contributed by atoms with Crippen molar-refractivity contribution in [1.29, 1.82) is 0 Å². The maximum atomic E-state index is 11.0. The Hall–Kier alpha value is -2.69. The van der Waals surface area contributed by atoms with Gasteiger partial charge < -0.3 is 20.7 Å². The number of hydrogen-bond donors (Lipinski definition) is 3. The predicted octanol–water partition coefficient (Wildman–Crippen LogP) is 2.46. The van der Waals surface area contributed by atoms with E-state index >= 15 is 0 Å². The number of anilines is 1. The molecule has 0 saturated heterocycles. The van der Waals surface area contributed by atoms with Gasteiger partial charge in [0.05, 0.1) is 5.69 Å². The van der Waals surface area contributed by atoms with Crippen molar-refractivity contribution in [3.63, 3.8) is 0 Å². The van der Waals surface area contributed by atoms with Gasteiger partial charge in [-0.25, -0.2) is 4.79 Å². The highest BCUT2D eigenvalue weighted by molar-refractivity contribution is 5.90. The van der Waals surface area contributed by atoms with Gasteiger partial charge in [-0.05, 0) is 24.3 Å². The molecule has 0 fully saturated rings. The summed E-state index contributed by atoms with van der Waals surface area (Å²) in [4.78, 5) is 11.0. The first-order chi connectivity index (χ1) is 8.58. The van der Waals surface area contributed by atoms with Gasteiger partial charge in [0.25, 0.3) is 0 Å². The van der Waals surface area contributed by atoms with Crippen LogP contribution in [0.2, 0.25) is 0 Å². The molecule has 0 aliphatic heterocycles. The lowest BCUT2D eigenvalue weighted by molar-refractivity contribution is 0.0694. The van der Waals surface area contributed by atoms with Gasteiger partial charge in [-0.15, -0.1) is 0 Å². The first-order valence-corrected chi connectivity index (χ1v) is 5.16. The summed E-state index contributed by atoms with van der Waals surface area (Å²) < 4.78 is 5.41. The zero-order valence-electron chi connectivity index (χ0n) is 9.33. The molecule has 92 valence electrons. The van der Waals surface area contributed by atoms with Gasteiger partial charge in [-0.3, -0.25) is 0 Å². The van der Waals surface area contributed by atoms with Gasteiger partial charge in [0.15, 0.2) is 0 Å². The molecular formula is C13H11NO4. The normalized spacial score (nSPS) is 10.0. The first-order valence-electron chi connectivity index (χ1n) is 5.16. The number of hydrogen-bond acceptors (Lipinski definition) is 4. The largest absolute Gasteiger partial charge is 0.506 e. The summed E-state index contributed by atoms with van der Waals surface area (Å²) in [6, 6.07) is 10.6. The second kappa shape index (κ2) is 4.67. The van der Waals surface area contributed by atoms with Crippen LogP contribution < -0.4 is 10.5 Å². The van der Waals surface area contributed by atoms with Gasteiger partial charge in [-0.1, -0.05) is 12.1 Å². The third-order valence-electron chi connectivity index (χ3n) is 2.35. The first kappa shape index (κ1) is 11.8. The molecule has 0 unspecified atom stereocenters. The molecule has 0 radical (unpaired) electrons. The SMILES string of the molecule is Nc1ccc(Oc2ccccc2C(=O)O)cc1O. The second-order valence-corrected chi connectivity index (χ2v) is 3.62. The molecule has 0 saturated carbocycles. The number of phenols is 1. The molecule has 0 aromatic heterocycles. The van der Waals surface area contributed by atoms with E-state index < -0.39 is 5.97 Å². The maximum Gasteiger partial charge on any atom is 0.339 e. The summed E-state index contributed by atoms with van der Waals surface area (Å²) in [6.07, 6.45) is 0. The maximum absolute atomic E-state index is 11.0. The summed E-state index contributed by atoms with van der Waals surface area (Å²) >= 11 is 0. The van der Waals surface area contributed by atoms with Crippen LogP contribution in [0.3, 0.4) is 0 Å². The number of carbonyl (C=O) groups is 1. The number of phenolic OH excluding ortho intramolecular Hbond substituents is 1. The molecule has 18 heavy (non-hydrogen) atoms. The number of para-hydroxylation sites is 1. The van der Waals surface area contributed by atoms with Crippen LogP contribution in [0.25, 0.3) is 0 Å². The van der Waals surface area contributed by atoms with Crippen LogP contribution in [-0.4, -0.2) is 16.2 Å². The number of ether oxygens (including phenoxy) is 1. The van der Waals surface area contributed by atoms with Crippen molar-refractivity contribution in [2.24, 2.45) is 0 Å². The molecule has 2 aromatic rings. The van der Waals surface area contributed by atoms with Crippen LogP contribution in [0.5, 0.6) is 17.2 Å². The van der Waals surface area contributed by atoms with E-state index in [4.69, 9.17) is 15.6 Å². The molecule has 5 heteroatoms. The van der Waals surface area contributed by atoms with E-state index in [2.05, 4.69) is 0 Å². The fraction of sp³-hybridized carbons (Fsp3) is 0. The van der Waals surface area contributed by atoms with Crippen molar-refractivity contribution in [2.45, 2.75) is 0 Å². The number of carboxylic acids is 1. The Balaban J connectivity index is 2.34. The van der Waals surface area contributed by atoms with Crippen LogP contribution in [0, 0.1) is 0 Å². The van der Waals surface area contributed by atoms with Crippen LogP contribution in [0.15, 0.2) is 42.5 Å². The van der Waals surface area contributed by atoms with E-state index in [0.29, 0.717) is 5.75 Å². The molecular weight excluding hydrogens is 234 g/mol. The summed E-state index contributed by atoms with van der Waals surface area (Å²) in [5, 5.41) is 18.4. The molecule has 2 rings (SSSR count). The van der Waals surface area contributed by atoms with E-state index in [-0.39, 0.29) is 22.7 Å². The Morgan fingerprint density at radius 2 is 1.89 bits per heavy atom. The number of nitrogen functional groups attached to an aromatic ring is 1. The second-order valence-electron chi connectivity index (χ2n) is 3.62. The van der Waals surface area contributed by atoms with Crippen LogP contribution >= 0.6 is 0 Å². The summed E-state index contributed by atoms with van der Waals surface area (Å²) in [7, 11) is 0. The number of rotatable bonds is 3. The molecule has 2 aromatic carbocycles. The Morgan fingerprint density at radius 1 is 1.17 bits per heavy atom. The monoisotopic (exact) mass is 245 g/mol. The number of aromatic carboxylic acids is 1. The van der Waals surface area contributed by atoms with Crippen molar-refractivity contribution in [3.8, 4) is 17.2 Å². The minimum Gasteiger partial charge on any atom is -0.506 e. The fourth-order valence-corrected chi connectivity index (χ4v) is 1.45. The zero-order valence-corrected chi connectivity index (χ0v) is 9.33. The topological polar surface area (TPSA) is 92.8 Å². The highest BCUT2D eigenvalue weighted by Crippen LogP contribution is 2.30. The standard InChI is InChI=1S/C13H11NO4/c14-10-6-5-8(7-11(10)15)18-12-4-2-1-3-9(12)13(16)17/h1-7,15H,14H2,(H,16,17).